The number of hydrogen-bond acceptors (Lipinski definition) is 9. The summed E-state index contributed by atoms with van der Waals surface area (Å²) >= 11 is 0. The first kappa shape index (κ1) is 36.2. The van der Waals surface area contributed by atoms with E-state index >= 15 is 0 Å². The van der Waals surface area contributed by atoms with Gasteiger partial charge in [0.1, 0.15) is 13.2 Å². The molecule has 0 fully saturated rings. The number of hydrogen-bond donors (Lipinski definition) is 2. The quantitative estimate of drug-likeness (QED) is 0.154. The lowest BCUT2D eigenvalue weighted by molar-refractivity contribution is 0.0976. The second-order valence-electron chi connectivity index (χ2n) is 16.0. The number of carbonyl (C=O) groups is 2. The number of anilines is 4. The zero-order valence-electron chi connectivity index (χ0n) is 32.7. The Morgan fingerprint density at radius 1 is 0.719 bits per heavy atom. The zero-order valence-corrected chi connectivity index (χ0v) is 32.7. The maximum atomic E-state index is 14.0. The molecule has 4 aliphatic rings. The number of fused-ring (bicyclic) bond motifs is 8. The van der Waals surface area contributed by atoms with Crippen molar-refractivity contribution >= 4 is 46.5 Å². The van der Waals surface area contributed by atoms with Crippen LogP contribution in [0.15, 0.2) is 96.0 Å². The molecular weight excluding hydrogens is 719 g/mol. The molecule has 290 valence electrons. The highest BCUT2D eigenvalue weighted by atomic mass is 16.5. The lowest BCUT2D eigenvalue weighted by Crippen LogP contribution is -2.39. The monoisotopic (exact) mass is 763 g/mol. The fourth-order valence-corrected chi connectivity index (χ4v) is 8.36. The standard InChI is InChI=1S/C46H45N5O6/c1-46(2,3)49-31-15-27(25-56-42-21-36-34(19-40(42)54-4)44(52)50-32(23-47-36)17-29-10-6-8-12-38(29)50)14-28(16-31)26-57-43-22-37-35(20-41(43)55-5)45(53)51-33(24-48-37)18-30-11-7-9-13-39(30)51/h6-16,19-23,32-33,48-49H,17-18,24-26H2,1-5H3/t32-,33-/m0/s1. The number of methoxy groups -OCH3 is 2. The van der Waals surface area contributed by atoms with E-state index in [9.17, 15) is 9.59 Å². The van der Waals surface area contributed by atoms with E-state index in [-0.39, 0.29) is 42.7 Å². The van der Waals surface area contributed by atoms with Crippen LogP contribution in [-0.4, -0.2) is 56.4 Å². The fourth-order valence-electron chi connectivity index (χ4n) is 8.36. The normalized spacial score (nSPS) is 17.6. The summed E-state index contributed by atoms with van der Waals surface area (Å²) in [6.07, 6.45) is 3.37. The lowest BCUT2D eigenvalue weighted by atomic mass is 10.1. The SMILES string of the molecule is COc1cc2c(cc1OCc1cc(COc3cc4c(cc3OC)C(=O)N3c5ccccc5C[C@H]3CN4)cc(NC(C)(C)C)c1)N=C[C@@H]1Cc3ccccc3N1C2=O. The largest absolute Gasteiger partial charge is 0.493 e. The van der Waals surface area contributed by atoms with Gasteiger partial charge < -0.3 is 34.5 Å². The average Bonchev–Trinajstić information content (AvgIpc) is 3.69. The fraction of sp³-hybridized carbons (Fsp3) is 0.283. The molecule has 57 heavy (non-hydrogen) atoms. The summed E-state index contributed by atoms with van der Waals surface area (Å²) in [5, 5.41) is 7.10. The highest BCUT2D eigenvalue weighted by Crippen LogP contribution is 2.43. The van der Waals surface area contributed by atoms with Gasteiger partial charge in [0.15, 0.2) is 23.0 Å². The summed E-state index contributed by atoms with van der Waals surface area (Å²) in [6.45, 7) is 7.39. The molecule has 0 saturated carbocycles. The Kier molecular flexibility index (Phi) is 9.02. The number of rotatable bonds is 9. The van der Waals surface area contributed by atoms with Gasteiger partial charge in [-0.25, -0.2) is 0 Å². The van der Waals surface area contributed by atoms with Crippen LogP contribution in [0.1, 0.15) is 63.7 Å². The van der Waals surface area contributed by atoms with E-state index in [1.807, 2.05) is 64.5 Å². The molecule has 0 saturated heterocycles. The number of amides is 2. The first-order valence-corrected chi connectivity index (χ1v) is 19.3. The minimum absolute atomic E-state index is 0.0215. The van der Waals surface area contributed by atoms with Crippen molar-refractivity contribution in [2.75, 3.05) is 41.2 Å². The van der Waals surface area contributed by atoms with Crippen molar-refractivity contribution in [3.05, 3.63) is 124 Å². The van der Waals surface area contributed by atoms with E-state index in [0.717, 1.165) is 46.6 Å². The molecule has 5 aromatic carbocycles. The summed E-state index contributed by atoms with van der Waals surface area (Å²) in [7, 11) is 3.15. The van der Waals surface area contributed by atoms with E-state index in [2.05, 4.69) is 55.7 Å². The van der Waals surface area contributed by atoms with E-state index in [4.69, 9.17) is 23.9 Å². The van der Waals surface area contributed by atoms with Crippen LogP contribution in [0.3, 0.4) is 0 Å². The van der Waals surface area contributed by atoms with Crippen molar-refractivity contribution < 1.29 is 28.5 Å². The van der Waals surface area contributed by atoms with Gasteiger partial charge in [-0.1, -0.05) is 36.4 Å². The number of benzene rings is 5. The van der Waals surface area contributed by atoms with E-state index < -0.39 is 0 Å². The van der Waals surface area contributed by atoms with Crippen molar-refractivity contribution in [2.24, 2.45) is 4.99 Å². The molecule has 4 heterocycles. The van der Waals surface area contributed by atoms with Crippen LogP contribution in [0.5, 0.6) is 23.0 Å². The molecule has 2 amide bonds. The van der Waals surface area contributed by atoms with Gasteiger partial charge in [-0.2, -0.15) is 0 Å². The Balaban J connectivity index is 0.960. The Labute approximate surface area is 332 Å². The maximum absolute atomic E-state index is 14.0. The Morgan fingerprint density at radius 2 is 1.32 bits per heavy atom. The zero-order chi connectivity index (χ0) is 39.4. The van der Waals surface area contributed by atoms with Crippen molar-refractivity contribution in [3.63, 3.8) is 0 Å². The second-order valence-corrected chi connectivity index (χ2v) is 16.0. The Morgan fingerprint density at radius 3 is 1.98 bits per heavy atom. The van der Waals surface area contributed by atoms with Gasteiger partial charge in [0, 0.05) is 53.9 Å². The summed E-state index contributed by atoms with van der Waals surface area (Å²) in [4.78, 5) is 36.4. The minimum atomic E-state index is -0.204. The molecule has 11 heteroatoms. The average molecular weight is 764 g/mol. The number of nitrogens with one attached hydrogen (secondary N) is 2. The maximum Gasteiger partial charge on any atom is 0.261 e. The molecule has 9 rings (SSSR count). The summed E-state index contributed by atoms with van der Waals surface area (Å²) in [6, 6.07) is 29.2. The van der Waals surface area contributed by atoms with Gasteiger partial charge in [-0.05, 0) is 91.9 Å². The summed E-state index contributed by atoms with van der Waals surface area (Å²) < 4.78 is 24.4. The first-order valence-electron chi connectivity index (χ1n) is 19.3. The highest BCUT2D eigenvalue weighted by molar-refractivity contribution is 6.15. The van der Waals surface area contributed by atoms with Crippen molar-refractivity contribution in [2.45, 2.75) is 64.4 Å². The molecule has 5 aromatic rings. The second kappa shape index (κ2) is 14.2. The number of ether oxygens (including phenoxy) is 4. The molecule has 0 bridgehead atoms. The Bertz CT molecular complexity index is 2460. The molecule has 0 aliphatic carbocycles. The molecule has 0 unspecified atom stereocenters. The molecule has 0 aromatic heterocycles. The van der Waals surface area contributed by atoms with Crippen LogP contribution in [0, 0.1) is 0 Å². The van der Waals surface area contributed by atoms with Crippen molar-refractivity contribution in [1.82, 2.24) is 0 Å². The van der Waals surface area contributed by atoms with Crippen LogP contribution < -0.4 is 39.4 Å². The van der Waals surface area contributed by atoms with Crippen LogP contribution in [0.2, 0.25) is 0 Å². The number of para-hydroxylation sites is 2. The molecule has 4 aliphatic heterocycles. The molecule has 0 radical (unpaired) electrons. The number of carbonyl (C=O) groups excluding carboxylic acids is 2. The van der Waals surface area contributed by atoms with Crippen LogP contribution in [0.25, 0.3) is 0 Å². The predicted molar refractivity (Wildman–Crippen MR) is 223 cm³/mol. The van der Waals surface area contributed by atoms with Gasteiger partial charge in [0.25, 0.3) is 11.8 Å². The highest BCUT2D eigenvalue weighted by Gasteiger charge is 2.38. The van der Waals surface area contributed by atoms with E-state index in [1.54, 1.807) is 32.4 Å². The molecule has 2 N–H and O–H groups in total. The third-order valence-corrected chi connectivity index (χ3v) is 10.8. The molecule has 11 nitrogen and oxygen atoms in total. The minimum Gasteiger partial charge on any atom is -0.493 e. The molecular formula is C46H45N5O6. The van der Waals surface area contributed by atoms with Gasteiger partial charge in [-0.15, -0.1) is 0 Å². The van der Waals surface area contributed by atoms with Crippen molar-refractivity contribution in [3.8, 4) is 23.0 Å². The Hall–Kier alpha value is -6.49. The van der Waals surface area contributed by atoms with Crippen LogP contribution >= 0.6 is 0 Å². The summed E-state index contributed by atoms with van der Waals surface area (Å²) in [5.41, 5.74) is 8.95. The first-order chi connectivity index (χ1) is 27.6. The topological polar surface area (TPSA) is 114 Å². The third kappa shape index (κ3) is 6.77. The smallest absolute Gasteiger partial charge is 0.261 e. The number of nitrogens with zero attached hydrogens (tertiary/aromatic N) is 3. The van der Waals surface area contributed by atoms with E-state index in [0.29, 0.717) is 52.0 Å². The number of aliphatic imine (C=N–C) groups is 1. The van der Waals surface area contributed by atoms with Gasteiger partial charge in [0.05, 0.1) is 48.8 Å². The van der Waals surface area contributed by atoms with Crippen LogP contribution in [0.4, 0.5) is 28.4 Å². The van der Waals surface area contributed by atoms with Gasteiger partial charge >= 0.3 is 0 Å². The predicted octanol–water partition coefficient (Wildman–Crippen LogP) is 8.36. The van der Waals surface area contributed by atoms with E-state index in [1.165, 1.54) is 5.56 Å². The third-order valence-electron chi connectivity index (χ3n) is 10.8. The van der Waals surface area contributed by atoms with Crippen molar-refractivity contribution in [1.29, 1.82) is 0 Å². The van der Waals surface area contributed by atoms with Gasteiger partial charge in [0.2, 0.25) is 0 Å². The summed E-state index contributed by atoms with van der Waals surface area (Å²) in [5.74, 6) is 1.76. The van der Waals surface area contributed by atoms with Crippen LogP contribution in [-0.2, 0) is 26.1 Å². The molecule has 2 atom stereocenters. The molecule has 0 spiro atoms. The lowest BCUT2D eigenvalue weighted by Gasteiger charge is -2.24. The van der Waals surface area contributed by atoms with Gasteiger partial charge in [-0.3, -0.25) is 19.5 Å².